The van der Waals surface area contributed by atoms with Crippen molar-refractivity contribution in [1.82, 2.24) is 5.32 Å². The Labute approximate surface area is 110 Å². The minimum absolute atomic E-state index is 0.243. The number of rotatable bonds is 3. The van der Waals surface area contributed by atoms with Gasteiger partial charge >= 0.3 is 0 Å². The Bertz CT molecular complexity index is 447. The first-order valence-electron chi connectivity index (χ1n) is 5.89. The molecule has 0 heterocycles. The zero-order valence-corrected chi connectivity index (χ0v) is 11.5. The Morgan fingerprint density at radius 1 is 1.53 bits per heavy atom. The maximum atomic E-state index is 11.7. The quantitative estimate of drug-likeness (QED) is 0.893. The molecule has 1 aromatic rings. The number of benzene rings is 1. The maximum Gasteiger partial charge on any atom is 0.238 e. The van der Waals surface area contributed by atoms with Crippen molar-refractivity contribution >= 4 is 21.8 Å². The average Bonchev–Trinajstić information content (AvgIpc) is 2.29. The number of carbonyl (C=O) groups excluding carboxylic acids is 1. The van der Waals surface area contributed by atoms with E-state index in [0.717, 1.165) is 23.9 Å². The highest BCUT2D eigenvalue weighted by atomic mass is 79.9. The summed E-state index contributed by atoms with van der Waals surface area (Å²) >= 11 is 3.47. The van der Waals surface area contributed by atoms with Gasteiger partial charge in [0.25, 0.3) is 0 Å². The van der Waals surface area contributed by atoms with Gasteiger partial charge in [-0.25, -0.2) is 0 Å². The van der Waals surface area contributed by atoms with E-state index < -0.39 is 5.54 Å². The molecule has 1 aliphatic rings. The number of primary amides is 1. The van der Waals surface area contributed by atoms with Crippen molar-refractivity contribution in [3.05, 3.63) is 33.8 Å². The molecule has 0 spiro atoms. The van der Waals surface area contributed by atoms with Gasteiger partial charge in [-0.1, -0.05) is 28.9 Å². The highest BCUT2D eigenvalue weighted by Gasteiger charge is 2.38. The number of hydrogen-bond donors (Lipinski definition) is 2. The van der Waals surface area contributed by atoms with E-state index in [4.69, 9.17) is 5.73 Å². The molecule has 0 fully saturated rings. The third-order valence-corrected chi connectivity index (χ3v) is 3.96. The van der Waals surface area contributed by atoms with Crippen LogP contribution in [0.3, 0.4) is 0 Å². The smallest absolute Gasteiger partial charge is 0.238 e. The van der Waals surface area contributed by atoms with Crippen LogP contribution in [0.5, 0.6) is 0 Å². The van der Waals surface area contributed by atoms with E-state index in [0.29, 0.717) is 6.42 Å². The lowest BCUT2D eigenvalue weighted by atomic mass is 9.77. The molecule has 1 aliphatic carbocycles. The second kappa shape index (κ2) is 4.78. The molecular weight excluding hydrogens is 280 g/mol. The van der Waals surface area contributed by atoms with Crippen molar-refractivity contribution in [3.8, 4) is 0 Å². The molecule has 4 heteroatoms. The molecule has 1 atom stereocenters. The van der Waals surface area contributed by atoms with E-state index in [1.807, 2.05) is 13.0 Å². The molecule has 0 aliphatic heterocycles. The molecule has 2 rings (SSSR count). The van der Waals surface area contributed by atoms with Crippen LogP contribution in [0.4, 0.5) is 0 Å². The summed E-state index contributed by atoms with van der Waals surface area (Å²) in [5.41, 5.74) is 7.54. The zero-order chi connectivity index (χ0) is 12.5. The maximum absolute atomic E-state index is 11.7. The molecule has 1 amide bonds. The predicted octanol–water partition coefficient (Wildman–Crippen LogP) is 1.77. The molecule has 0 saturated carbocycles. The predicted molar refractivity (Wildman–Crippen MR) is 71.8 cm³/mol. The van der Waals surface area contributed by atoms with E-state index in [1.54, 1.807) is 0 Å². The Morgan fingerprint density at radius 2 is 2.29 bits per heavy atom. The van der Waals surface area contributed by atoms with Crippen LogP contribution in [-0.4, -0.2) is 18.0 Å². The third kappa shape index (κ3) is 2.38. The fourth-order valence-corrected chi connectivity index (χ4v) is 2.96. The summed E-state index contributed by atoms with van der Waals surface area (Å²) in [7, 11) is 0. The van der Waals surface area contributed by atoms with Gasteiger partial charge in [-0.15, -0.1) is 0 Å². The summed E-state index contributed by atoms with van der Waals surface area (Å²) in [6, 6.07) is 6.22. The van der Waals surface area contributed by atoms with Gasteiger partial charge in [0.05, 0.1) is 0 Å². The van der Waals surface area contributed by atoms with Crippen molar-refractivity contribution in [2.75, 3.05) is 6.54 Å². The summed E-state index contributed by atoms with van der Waals surface area (Å²) in [5, 5.41) is 3.27. The Morgan fingerprint density at radius 3 is 2.94 bits per heavy atom. The Hall–Kier alpha value is -0.870. The number of likely N-dealkylation sites (N-methyl/N-ethyl adjacent to an activating group) is 1. The van der Waals surface area contributed by atoms with Crippen molar-refractivity contribution in [3.63, 3.8) is 0 Å². The van der Waals surface area contributed by atoms with Gasteiger partial charge in [-0.3, -0.25) is 4.79 Å². The van der Waals surface area contributed by atoms with Gasteiger partial charge in [0.2, 0.25) is 5.91 Å². The van der Waals surface area contributed by atoms with Crippen LogP contribution in [0.1, 0.15) is 24.5 Å². The number of halogens is 1. The van der Waals surface area contributed by atoms with Crippen molar-refractivity contribution in [1.29, 1.82) is 0 Å². The summed E-state index contributed by atoms with van der Waals surface area (Å²) in [4.78, 5) is 11.7. The highest BCUT2D eigenvalue weighted by Crippen LogP contribution is 2.30. The molecule has 92 valence electrons. The van der Waals surface area contributed by atoms with Gasteiger partial charge in [-0.2, -0.15) is 0 Å². The molecule has 0 aromatic heterocycles. The summed E-state index contributed by atoms with van der Waals surface area (Å²) < 4.78 is 1.09. The SMILES string of the molecule is CCNC1(C(N)=O)CCc2cc(Br)ccc2C1. The van der Waals surface area contributed by atoms with E-state index in [9.17, 15) is 4.79 Å². The zero-order valence-electron chi connectivity index (χ0n) is 9.92. The first-order chi connectivity index (χ1) is 8.07. The van der Waals surface area contributed by atoms with Crippen LogP contribution in [0.15, 0.2) is 22.7 Å². The first kappa shape index (κ1) is 12.6. The molecule has 0 saturated heterocycles. The minimum atomic E-state index is -0.560. The van der Waals surface area contributed by atoms with E-state index >= 15 is 0 Å². The average molecular weight is 297 g/mol. The fourth-order valence-electron chi connectivity index (χ4n) is 2.55. The summed E-state index contributed by atoms with van der Waals surface area (Å²) in [6.07, 6.45) is 2.36. The van der Waals surface area contributed by atoms with Crippen molar-refractivity contribution < 1.29 is 4.79 Å². The van der Waals surface area contributed by atoms with E-state index in [1.165, 1.54) is 11.1 Å². The van der Waals surface area contributed by atoms with Gasteiger partial charge in [0.1, 0.15) is 5.54 Å². The number of nitrogens with two attached hydrogens (primary N) is 1. The van der Waals surface area contributed by atoms with Crippen LogP contribution < -0.4 is 11.1 Å². The van der Waals surface area contributed by atoms with E-state index in [2.05, 4.69) is 33.4 Å². The number of fused-ring (bicyclic) bond motifs is 1. The summed E-state index contributed by atoms with van der Waals surface area (Å²) in [6.45, 7) is 2.76. The van der Waals surface area contributed by atoms with Crippen LogP contribution in [0, 0.1) is 0 Å². The molecule has 17 heavy (non-hydrogen) atoms. The third-order valence-electron chi connectivity index (χ3n) is 3.47. The lowest BCUT2D eigenvalue weighted by Gasteiger charge is -2.36. The monoisotopic (exact) mass is 296 g/mol. The van der Waals surface area contributed by atoms with Crippen LogP contribution in [0.2, 0.25) is 0 Å². The molecular formula is C13H17BrN2O. The molecule has 1 aromatic carbocycles. The van der Waals surface area contributed by atoms with Gasteiger partial charge in [0, 0.05) is 4.47 Å². The lowest BCUT2D eigenvalue weighted by molar-refractivity contribution is -0.124. The number of amides is 1. The number of nitrogens with one attached hydrogen (secondary N) is 1. The summed E-state index contributed by atoms with van der Waals surface area (Å²) in [5.74, 6) is -0.243. The molecule has 1 unspecified atom stereocenters. The van der Waals surface area contributed by atoms with Crippen LogP contribution in [-0.2, 0) is 17.6 Å². The topological polar surface area (TPSA) is 55.1 Å². The van der Waals surface area contributed by atoms with Crippen LogP contribution >= 0.6 is 15.9 Å². The second-order valence-corrected chi connectivity index (χ2v) is 5.48. The fraction of sp³-hybridized carbons (Fsp3) is 0.462. The van der Waals surface area contributed by atoms with Gasteiger partial charge in [0.15, 0.2) is 0 Å². The molecule has 0 radical (unpaired) electrons. The number of carbonyl (C=O) groups is 1. The van der Waals surface area contributed by atoms with Crippen molar-refractivity contribution in [2.24, 2.45) is 5.73 Å². The second-order valence-electron chi connectivity index (χ2n) is 4.57. The number of hydrogen-bond acceptors (Lipinski definition) is 2. The molecule has 3 N–H and O–H groups in total. The van der Waals surface area contributed by atoms with E-state index in [-0.39, 0.29) is 5.91 Å². The van der Waals surface area contributed by atoms with Crippen LogP contribution in [0.25, 0.3) is 0 Å². The molecule has 3 nitrogen and oxygen atoms in total. The minimum Gasteiger partial charge on any atom is -0.368 e. The highest BCUT2D eigenvalue weighted by molar-refractivity contribution is 9.10. The lowest BCUT2D eigenvalue weighted by Crippen LogP contribution is -2.58. The first-order valence-corrected chi connectivity index (χ1v) is 6.69. The standard InChI is InChI=1S/C13H17BrN2O/c1-2-16-13(12(15)17)6-5-9-7-11(14)4-3-10(9)8-13/h3-4,7,16H,2,5-6,8H2,1H3,(H2,15,17). The normalized spacial score (nSPS) is 23.2. The Kier molecular flexibility index (Phi) is 3.54. The van der Waals surface area contributed by atoms with Gasteiger partial charge < -0.3 is 11.1 Å². The largest absolute Gasteiger partial charge is 0.368 e. The number of aryl methyl sites for hydroxylation is 1. The van der Waals surface area contributed by atoms with Gasteiger partial charge in [-0.05, 0) is 49.1 Å². The van der Waals surface area contributed by atoms with Crippen molar-refractivity contribution in [2.45, 2.75) is 31.7 Å². The molecule has 0 bridgehead atoms. The Balaban J connectivity index is 2.33.